The molecule has 19 heavy (non-hydrogen) atoms. The molecule has 0 radical (unpaired) electrons. The quantitative estimate of drug-likeness (QED) is 0.825. The molecule has 0 fully saturated rings. The van der Waals surface area contributed by atoms with Gasteiger partial charge in [-0.1, -0.05) is 32.0 Å². The van der Waals surface area contributed by atoms with E-state index in [1.165, 1.54) is 12.1 Å². The molecule has 0 bridgehead atoms. The monoisotopic (exact) mass is 271 g/mol. The summed E-state index contributed by atoms with van der Waals surface area (Å²) in [7, 11) is 0. The van der Waals surface area contributed by atoms with Gasteiger partial charge in [-0.15, -0.1) is 0 Å². The van der Waals surface area contributed by atoms with Gasteiger partial charge in [0.25, 0.3) is 6.43 Å². The number of carbonyl (C=O) groups is 1. The maximum Gasteiger partial charge on any atom is 0.305 e. The molecular weight excluding hydrogens is 252 g/mol. The molecule has 1 aromatic carbocycles. The molecule has 5 heteroatoms. The first kappa shape index (κ1) is 15.6. The molecule has 0 aromatic heterocycles. The zero-order valence-electron chi connectivity index (χ0n) is 11.1. The molecule has 0 heterocycles. The maximum absolute atomic E-state index is 12.7. The van der Waals surface area contributed by atoms with E-state index in [1.54, 1.807) is 12.1 Å². The van der Waals surface area contributed by atoms with Gasteiger partial charge in [-0.25, -0.2) is 8.78 Å². The van der Waals surface area contributed by atoms with E-state index in [2.05, 4.69) is 0 Å². The predicted molar refractivity (Wildman–Crippen MR) is 69.3 cm³/mol. The van der Waals surface area contributed by atoms with Crippen LogP contribution in [0.2, 0.25) is 0 Å². The van der Waals surface area contributed by atoms with Gasteiger partial charge in [-0.2, -0.15) is 0 Å². The van der Waals surface area contributed by atoms with E-state index in [9.17, 15) is 13.6 Å². The fourth-order valence-electron chi connectivity index (χ4n) is 2.19. The van der Waals surface area contributed by atoms with Crippen LogP contribution in [0.5, 0.6) is 0 Å². The summed E-state index contributed by atoms with van der Waals surface area (Å²) in [5.74, 6) is -0.931. The lowest BCUT2D eigenvalue weighted by atomic mass is 9.99. The van der Waals surface area contributed by atoms with Crippen molar-refractivity contribution in [3.63, 3.8) is 0 Å². The minimum atomic E-state index is -2.54. The van der Waals surface area contributed by atoms with Crippen LogP contribution in [0.15, 0.2) is 24.3 Å². The van der Waals surface area contributed by atoms with E-state index in [0.29, 0.717) is 18.7 Å². The number of alkyl halides is 2. The molecule has 3 nitrogen and oxygen atoms in total. The summed E-state index contributed by atoms with van der Waals surface area (Å²) in [4.78, 5) is 12.9. The van der Waals surface area contributed by atoms with Gasteiger partial charge < -0.3 is 5.11 Å². The zero-order chi connectivity index (χ0) is 14.4. The highest BCUT2D eigenvalue weighted by Gasteiger charge is 2.22. The number of halogens is 2. The first-order valence-electron chi connectivity index (χ1n) is 6.33. The van der Waals surface area contributed by atoms with Gasteiger partial charge in [0.1, 0.15) is 0 Å². The fourth-order valence-corrected chi connectivity index (χ4v) is 2.19. The predicted octanol–water partition coefficient (Wildman–Crippen LogP) is 3.48. The SMILES string of the molecule is CCN(CC)C(CC(=O)O)c1cccc(C(F)F)c1. The Morgan fingerprint density at radius 3 is 2.32 bits per heavy atom. The molecule has 1 rings (SSSR count). The van der Waals surface area contributed by atoms with Crippen LogP contribution in [-0.2, 0) is 4.79 Å². The standard InChI is InChI=1S/C14H19F2NO2/c1-3-17(4-2)12(9-13(18)19)10-6-5-7-11(8-10)14(15)16/h5-8,12,14H,3-4,9H2,1-2H3,(H,18,19). The third kappa shape index (κ3) is 4.28. The van der Waals surface area contributed by atoms with E-state index in [1.807, 2.05) is 18.7 Å². The van der Waals surface area contributed by atoms with E-state index in [0.717, 1.165) is 0 Å². The Kier molecular flexibility index (Phi) is 5.89. The summed E-state index contributed by atoms with van der Waals surface area (Å²) in [6.07, 6.45) is -2.63. The van der Waals surface area contributed by atoms with E-state index < -0.39 is 12.4 Å². The van der Waals surface area contributed by atoms with Crippen molar-refractivity contribution in [3.05, 3.63) is 35.4 Å². The molecule has 0 spiro atoms. The van der Waals surface area contributed by atoms with Crippen molar-refractivity contribution in [2.75, 3.05) is 13.1 Å². The normalized spacial score (nSPS) is 12.9. The molecule has 1 unspecified atom stereocenters. The third-order valence-electron chi connectivity index (χ3n) is 3.17. The second-order valence-corrected chi connectivity index (χ2v) is 4.31. The number of benzene rings is 1. The first-order valence-corrected chi connectivity index (χ1v) is 6.33. The molecular formula is C14H19F2NO2. The molecule has 1 aromatic rings. The summed E-state index contributed by atoms with van der Waals surface area (Å²) < 4.78 is 25.4. The van der Waals surface area contributed by atoms with Crippen LogP contribution in [0.25, 0.3) is 0 Å². The molecule has 0 saturated heterocycles. The van der Waals surface area contributed by atoms with Crippen LogP contribution >= 0.6 is 0 Å². The van der Waals surface area contributed by atoms with Crippen LogP contribution in [0, 0.1) is 0 Å². The van der Waals surface area contributed by atoms with Gasteiger partial charge in [-0.3, -0.25) is 9.69 Å². The molecule has 0 aliphatic heterocycles. The highest BCUT2D eigenvalue weighted by molar-refractivity contribution is 5.68. The fraction of sp³-hybridized carbons (Fsp3) is 0.500. The molecule has 1 atom stereocenters. The lowest BCUT2D eigenvalue weighted by Gasteiger charge is -2.29. The lowest BCUT2D eigenvalue weighted by Crippen LogP contribution is -2.30. The number of rotatable bonds is 7. The molecule has 106 valence electrons. The van der Waals surface area contributed by atoms with Gasteiger partial charge in [0.05, 0.1) is 6.42 Å². The summed E-state index contributed by atoms with van der Waals surface area (Å²) >= 11 is 0. The number of carboxylic acids is 1. The maximum atomic E-state index is 12.7. The van der Waals surface area contributed by atoms with Crippen molar-refractivity contribution in [1.82, 2.24) is 4.90 Å². The Morgan fingerprint density at radius 1 is 1.26 bits per heavy atom. The highest BCUT2D eigenvalue weighted by Crippen LogP contribution is 2.28. The average molecular weight is 271 g/mol. The number of hydrogen-bond donors (Lipinski definition) is 1. The third-order valence-corrected chi connectivity index (χ3v) is 3.17. The van der Waals surface area contributed by atoms with Crippen molar-refractivity contribution in [1.29, 1.82) is 0 Å². The summed E-state index contributed by atoms with van der Waals surface area (Å²) in [5.41, 5.74) is 0.559. The largest absolute Gasteiger partial charge is 0.481 e. The van der Waals surface area contributed by atoms with Crippen molar-refractivity contribution in [3.8, 4) is 0 Å². The van der Waals surface area contributed by atoms with Gasteiger partial charge in [0.2, 0.25) is 0 Å². The highest BCUT2D eigenvalue weighted by atomic mass is 19.3. The van der Waals surface area contributed by atoms with Gasteiger partial charge in [0, 0.05) is 11.6 Å². The Bertz CT molecular complexity index is 420. The van der Waals surface area contributed by atoms with Crippen LogP contribution in [0.3, 0.4) is 0 Å². The Balaban J connectivity index is 3.08. The second-order valence-electron chi connectivity index (χ2n) is 4.31. The van der Waals surface area contributed by atoms with Crippen LogP contribution in [0.1, 0.15) is 43.9 Å². The average Bonchev–Trinajstić information content (AvgIpc) is 2.38. The van der Waals surface area contributed by atoms with Crippen molar-refractivity contribution < 1.29 is 18.7 Å². The van der Waals surface area contributed by atoms with Gasteiger partial charge in [0.15, 0.2) is 0 Å². The minimum Gasteiger partial charge on any atom is -0.481 e. The Morgan fingerprint density at radius 2 is 1.84 bits per heavy atom. The number of carboxylic acid groups (broad SMARTS) is 1. The smallest absolute Gasteiger partial charge is 0.305 e. The summed E-state index contributed by atoms with van der Waals surface area (Å²) in [6.45, 7) is 5.20. The van der Waals surface area contributed by atoms with E-state index >= 15 is 0 Å². The molecule has 0 amide bonds. The van der Waals surface area contributed by atoms with Crippen LogP contribution in [0.4, 0.5) is 8.78 Å². The van der Waals surface area contributed by atoms with Crippen molar-refractivity contribution in [2.45, 2.75) is 32.7 Å². The summed E-state index contributed by atoms with van der Waals surface area (Å²) in [6, 6.07) is 5.64. The molecule has 0 saturated carbocycles. The second kappa shape index (κ2) is 7.19. The lowest BCUT2D eigenvalue weighted by molar-refractivity contribution is -0.138. The van der Waals surface area contributed by atoms with Crippen LogP contribution < -0.4 is 0 Å². The van der Waals surface area contributed by atoms with Crippen molar-refractivity contribution >= 4 is 5.97 Å². The number of aliphatic carboxylic acids is 1. The molecule has 1 N–H and O–H groups in total. The van der Waals surface area contributed by atoms with Gasteiger partial charge >= 0.3 is 5.97 Å². The molecule has 0 aliphatic carbocycles. The molecule has 0 aliphatic rings. The van der Waals surface area contributed by atoms with Crippen molar-refractivity contribution in [2.24, 2.45) is 0 Å². The zero-order valence-corrected chi connectivity index (χ0v) is 11.1. The minimum absolute atomic E-state index is 0.0694. The van der Waals surface area contributed by atoms with Crippen LogP contribution in [-0.4, -0.2) is 29.1 Å². The Hall–Kier alpha value is -1.49. The topological polar surface area (TPSA) is 40.5 Å². The van der Waals surface area contributed by atoms with Gasteiger partial charge in [-0.05, 0) is 24.7 Å². The number of hydrogen-bond acceptors (Lipinski definition) is 2. The Labute approximate surface area is 111 Å². The summed E-state index contributed by atoms with van der Waals surface area (Å²) in [5, 5.41) is 8.99. The van der Waals surface area contributed by atoms with E-state index in [4.69, 9.17) is 5.11 Å². The number of nitrogens with zero attached hydrogens (tertiary/aromatic N) is 1. The van der Waals surface area contributed by atoms with E-state index in [-0.39, 0.29) is 18.0 Å². The first-order chi connectivity index (χ1) is 8.99.